The Labute approximate surface area is 157 Å². The molecule has 3 heterocycles. The molecule has 0 atom stereocenters. The number of ether oxygens (including phenoxy) is 1. The Kier molecular flexibility index (Phi) is 4.31. The molecule has 1 saturated heterocycles. The topological polar surface area (TPSA) is 76.9 Å². The number of nitrogen functional groups attached to an aromatic ring is 1. The predicted molar refractivity (Wildman–Crippen MR) is 103 cm³/mol. The average molecular weight is 367 g/mol. The van der Waals surface area contributed by atoms with Crippen LogP contribution < -0.4 is 5.73 Å². The number of aromatic nitrogens is 2. The number of hydrogen-bond acceptors (Lipinski definition) is 4. The van der Waals surface area contributed by atoms with Gasteiger partial charge in [-0.1, -0.05) is 11.6 Å². The molecule has 6 heteroatoms. The third kappa shape index (κ3) is 2.72. The van der Waals surface area contributed by atoms with Crippen LogP contribution in [-0.4, -0.2) is 22.8 Å². The number of aryl methyl sites for hydroxylation is 1. The second-order valence-corrected chi connectivity index (χ2v) is 7.06. The van der Waals surface area contributed by atoms with E-state index in [1.54, 1.807) is 12.4 Å². The van der Waals surface area contributed by atoms with Crippen LogP contribution in [0.3, 0.4) is 0 Å². The number of nitrogens with two attached hydrogens (primary N) is 1. The molecule has 132 valence electrons. The summed E-state index contributed by atoms with van der Waals surface area (Å²) in [6, 6.07) is 6.66. The zero-order chi connectivity index (χ0) is 18.3. The van der Waals surface area contributed by atoms with Gasteiger partial charge in [0.1, 0.15) is 0 Å². The van der Waals surface area contributed by atoms with E-state index >= 15 is 0 Å². The molecule has 0 unspecified atom stereocenters. The first-order valence-corrected chi connectivity index (χ1v) is 9.00. The number of anilines is 1. The summed E-state index contributed by atoms with van der Waals surface area (Å²) >= 11 is 6.47. The SMILES string of the molecule is Cc1cc2c(cc1C#N)c(-c1cncc(N)c1Cl)cn2C1CCOCC1. The predicted octanol–water partition coefficient (Wildman–Crippen LogP) is 4.47. The molecule has 3 aromatic rings. The Hall–Kier alpha value is -2.55. The van der Waals surface area contributed by atoms with Crippen molar-refractivity contribution in [3.63, 3.8) is 0 Å². The average Bonchev–Trinajstić information content (AvgIpc) is 3.02. The van der Waals surface area contributed by atoms with E-state index in [9.17, 15) is 5.26 Å². The standard InChI is InChI=1S/C20H19ClN4O/c1-12-6-19-15(7-13(12)8-22)17(16-9-24-10-18(23)20(16)21)11-25(19)14-2-4-26-5-3-14/h6-7,9-11,14H,2-5,23H2,1H3. The number of halogens is 1. The lowest BCUT2D eigenvalue weighted by Gasteiger charge is -2.24. The molecule has 1 fully saturated rings. The molecule has 4 rings (SSSR count). The van der Waals surface area contributed by atoms with Crippen LogP contribution in [0.4, 0.5) is 5.69 Å². The van der Waals surface area contributed by atoms with Crippen LogP contribution >= 0.6 is 11.6 Å². The lowest BCUT2D eigenvalue weighted by molar-refractivity contribution is 0.0707. The number of fused-ring (bicyclic) bond motifs is 1. The first kappa shape index (κ1) is 16.9. The van der Waals surface area contributed by atoms with Crippen LogP contribution in [0.2, 0.25) is 5.02 Å². The maximum atomic E-state index is 9.46. The number of rotatable bonds is 2. The van der Waals surface area contributed by atoms with Gasteiger partial charge >= 0.3 is 0 Å². The number of benzene rings is 1. The van der Waals surface area contributed by atoms with Crippen LogP contribution in [0.15, 0.2) is 30.7 Å². The van der Waals surface area contributed by atoms with Crippen molar-refractivity contribution in [1.82, 2.24) is 9.55 Å². The molecular formula is C20H19ClN4O. The van der Waals surface area contributed by atoms with Gasteiger partial charge in [0.15, 0.2) is 0 Å². The van der Waals surface area contributed by atoms with Gasteiger partial charge in [0.25, 0.3) is 0 Å². The molecule has 0 amide bonds. The Bertz CT molecular complexity index is 1030. The van der Waals surface area contributed by atoms with E-state index in [-0.39, 0.29) is 0 Å². The van der Waals surface area contributed by atoms with Crippen LogP contribution in [-0.2, 0) is 4.74 Å². The van der Waals surface area contributed by atoms with Gasteiger partial charge in [-0.05, 0) is 37.5 Å². The van der Waals surface area contributed by atoms with Crippen LogP contribution in [0, 0.1) is 18.3 Å². The third-order valence-corrected chi connectivity index (χ3v) is 5.50. The van der Waals surface area contributed by atoms with Crippen molar-refractivity contribution in [1.29, 1.82) is 5.26 Å². The lowest BCUT2D eigenvalue weighted by Crippen LogP contribution is -2.18. The minimum Gasteiger partial charge on any atom is -0.396 e. The zero-order valence-electron chi connectivity index (χ0n) is 14.5. The monoisotopic (exact) mass is 366 g/mol. The highest BCUT2D eigenvalue weighted by atomic mass is 35.5. The highest BCUT2D eigenvalue weighted by molar-refractivity contribution is 6.36. The second kappa shape index (κ2) is 6.64. The van der Waals surface area contributed by atoms with Gasteiger partial charge in [-0.15, -0.1) is 0 Å². The molecule has 0 aliphatic carbocycles. The zero-order valence-corrected chi connectivity index (χ0v) is 15.3. The molecule has 1 aliphatic heterocycles. The van der Waals surface area contributed by atoms with Crippen molar-refractivity contribution in [3.8, 4) is 17.2 Å². The van der Waals surface area contributed by atoms with Gasteiger partial charge in [0, 0.05) is 53.7 Å². The van der Waals surface area contributed by atoms with E-state index in [2.05, 4.69) is 27.9 Å². The van der Waals surface area contributed by atoms with E-state index in [1.807, 2.05) is 13.0 Å². The molecule has 2 aromatic heterocycles. The van der Waals surface area contributed by atoms with E-state index < -0.39 is 0 Å². The Morgan fingerprint density at radius 3 is 2.77 bits per heavy atom. The Balaban J connectivity index is 2.00. The molecular weight excluding hydrogens is 348 g/mol. The highest BCUT2D eigenvalue weighted by Gasteiger charge is 2.22. The Morgan fingerprint density at radius 1 is 1.27 bits per heavy atom. The summed E-state index contributed by atoms with van der Waals surface area (Å²) < 4.78 is 7.81. The fourth-order valence-corrected chi connectivity index (χ4v) is 3.85. The van der Waals surface area contributed by atoms with Gasteiger partial charge in [0.05, 0.1) is 28.5 Å². The number of hydrogen-bond donors (Lipinski definition) is 1. The second-order valence-electron chi connectivity index (χ2n) is 6.68. The van der Waals surface area contributed by atoms with Crippen LogP contribution in [0.5, 0.6) is 0 Å². The minimum absolute atomic E-state index is 0.361. The largest absolute Gasteiger partial charge is 0.396 e. The van der Waals surface area contributed by atoms with Crippen LogP contribution in [0.1, 0.15) is 30.0 Å². The van der Waals surface area contributed by atoms with Gasteiger partial charge in [-0.25, -0.2) is 0 Å². The molecule has 1 aliphatic rings. The summed E-state index contributed by atoms with van der Waals surface area (Å²) in [5.41, 5.74) is 10.9. The minimum atomic E-state index is 0.361. The number of nitrogens with zero attached hydrogens (tertiary/aromatic N) is 3. The Morgan fingerprint density at radius 2 is 2.04 bits per heavy atom. The summed E-state index contributed by atoms with van der Waals surface area (Å²) in [5.74, 6) is 0. The first-order valence-electron chi connectivity index (χ1n) is 8.62. The maximum absolute atomic E-state index is 9.46. The summed E-state index contributed by atoms with van der Waals surface area (Å²) in [5, 5.41) is 10.9. The van der Waals surface area contributed by atoms with E-state index in [1.165, 1.54) is 0 Å². The molecule has 2 N–H and O–H groups in total. The summed E-state index contributed by atoms with van der Waals surface area (Å²) in [6.07, 6.45) is 7.32. The molecule has 0 radical (unpaired) electrons. The third-order valence-electron chi connectivity index (χ3n) is 5.08. The maximum Gasteiger partial charge on any atom is 0.0994 e. The van der Waals surface area contributed by atoms with Crippen molar-refractivity contribution in [2.75, 3.05) is 18.9 Å². The molecule has 26 heavy (non-hydrogen) atoms. The smallest absolute Gasteiger partial charge is 0.0994 e. The van der Waals surface area contributed by atoms with Gasteiger partial charge < -0.3 is 15.0 Å². The molecule has 0 saturated carbocycles. The van der Waals surface area contributed by atoms with Crippen molar-refractivity contribution < 1.29 is 4.74 Å². The fourth-order valence-electron chi connectivity index (χ4n) is 3.65. The normalized spacial score (nSPS) is 15.3. The summed E-state index contributed by atoms with van der Waals surface area (Å²) in [4.78, 5) is 4.21. The molecule has 0 spiro atoms. The molecule has 1 aromatic carbocycles. The molecule has 5 nitrogen and oxygen atoms in total. The van der Waals surface area contributed by atoms with Gasteiger partial charge in [-0.2, -0.15) is 5.26 Å². The summed E-state index contributed by atoms with van der Waals surface area (Å²) in [7, 11) is 0. The van der Waals surface area contributed by atoms with Crippen molar-refractivity contribution in [2.45, 2.75) is 25.8 Å². The molecule has 0 bridgehead atoms. The lowest BCUT2D eigenvalue weighted by atomic mass is 10.0. The van der Waals surface area contributed by atoms with Crippen LogP contribution in [0.25, 0.3) is 22.0 Å². The van der Waals surface area contributed by atoms with E-state index in [0.29, 0.717) is 22.3 Å². The van der Waals surface area contributed by atoms with E-state index in [4.69, 9.17) is 22.1 Å². The highest BCUT2D eigenvalue weighted by Crippen LogP contribution is 2.40. The van der Waals surface area contributed by atoms with Crippen molar-refractivity contribution in [3.05, 3.63) is 46.9 Å². The van der Waals surface area contributed by atoms with Gasteiger partial charge in [-0.3, -0.25) is 4.98 Å². The van der Waals surface area contributed by atoms with E-state index in [0.717, 1.165) is 53.6 Å². The van der Waals surface area contributed by atoms with Crippen molar-refractivity contribution in [2.24, 2.45) is 0 Å². The van der Waals surface area contributed by atoms with Crippen molar-refractivity contribution >= 4 is 28.2 Å². The quantitative estimate of drug-likeness (QED) is 0.725. The van der Waals surface area contributed by atoms with Gasteiger partial charge in [0.2, 0.25) is 0 Å². The number of nitriles is 1. The first-order chi connectivity index (χ1) is 12.6. The number of pyridine rings is 1. The summed E-state index contributed by atoms with van der Waals surface area (Å²) in [6.45, 7) is 3.49. The fraction of sp³-hybridized carbons (Fsp3) is 0.300.